The number of benzene rings is 2. The van der Waals surface area contributed by atoms with E-state index in [0.717, 1.165) is 29.0 Å². The van der Waals surface area contributed by atoms with E-state index < -0.39 is 0 Å². The number of aryl methyl sites for hydroxylation is 3. The van der Waals surface area contributed by atoms with Crippen LogP contribution in [0.4, 0.5) is 0 Å². The maximum absolute atomic E-state index is 11.7. The van der Waals surface area contributed by atoms with Gasteiger partial charge in [0.15, 0.2) is 6.61 Å². The molecule has 0 aliphatic rings. The third-order valence-electron chi connectivity index (χ3n) is 3.47. The molecule has 2 aromatic rings. The van der Waals surface area contributed by atoms with Crippen molar-refractivity contribution in [1.29, 1.82) is 0 Å². The molecule has 0 atom stereocenters. The Balaban J connectivity index is 1.71. The summed E-state index contributed by atoms with van der Waals surface area (Å²) in [6, 6.07) is 13.8. The molecule has 2 aromatic carbocycles. The maximum atomic E-state index is 11.7. The van der Waals surface area contributed by atoms with Crippen LogP contribution in [-0.4, -0.2) is 18.7 Å². The Kier molecular flexibility index (Phi) is 6.82. The second kappa shape index (κ2) is 9.08. The van der Waals surface area contributed by atoms with Crippen LogP contribution in [-0.2, 0) is 11.2 Å². The average molecular weight is 345 g/mol. The molecule has 0 unspecified atom stereocenters. The number of hydrogen-bond acceptors (Lipinski definition) is 3. The first-order valence-electron chi connectivity index (χ1n) is 7.80. The van der Waals surface area contributed by atoms with Gasteiger partial charge in [-0.2, -0.15) is 5.10 Å². The number of ether oxygens (including phenoxy) is 1. The van der Waals surface area contributed by atoms with Crippen LogP contribution in [0.5, 0.6) is 5.75 Å². The lowest BCUT2D eigenvalue weighted by Gasteiger charge is -2.09. The summed E-state index contributed by atoms with van der Waals surface area (Å²) in [4.78, 5) is 11.7. The summed E-state index contributed by atoms with van der Waals surface area (Å²) in [7, 11) is 0. The van der Waals surface area contributed by atoms with Crippen LogP contribution in [0.2, 0.25) is 5.02 Å². The first kappa shape index (κ1) is 18.0. The maximum Gasteiger partial charge on any atom is 0.277 e. The molecule has 0 saturated carbocycles. The van der Waals surface area contributed by atoms with Gasteiger partial charge in [0.2, 0.25) is 0 Å². The first-order chi connectivity index (χ1) is 11.6. The standard InChI is InChI=1S/C19H21ClN2O2/c1-14-11-17(12-15(2)19(14)20)24-13-18(23)22-21-10-6-9-16-7-4-3-5-8-16/h3-5,7-8,10-12H,6,9,13H2,1-2H3,(H,22,23). The Bertz CT molecular complexity index is 692. The van der Waals surface area contributed by atoms with Crippen LogP contribution in [0.1, 0.15) is 23.1 Å². The van der Waals surface area contributed by atoms with Gasteiger partial charge in [0, 0.05) is 11.2 Å². The summed E-state index contributed by atoms with van der Waals surface area (Å²) in [6.07, 6.45) is 3.35. The molecule has 0 aliphatic carbocycles. The van der Waals surface area contributed by atoms with E-state index in [4.69, 9.17) is 16.3 Å². The SMILES string of the molecule is Cc1cc(OCC(=O)NN=CCCc2ccccc2)cc(C)c1Cl. The lowest BCUT2D eigenvalue weighted by atomic mass is 10.1. The molecule has 2 rings (SSSR count). The zero-order valence-electron chi connectivity index (χ0n) is 13.9. The topological polar surface area (TPSA) is 50.7 Å². The third kappa shape index (κ3) is 5.70. The second-order valence-corrected chi connectivity index (χ2v) is 5.91. The van der Waals surface area contributed by atoms with Crippen LogP contribution < -0.4 is 10.2 Å². The Labute approximate surface area is 147 Å². The van der Waals surface area contributed by atoms with Crippen molar-refractivity contribution in [2.75, 3.05) is 6.61 Å². The number of hydrazone groups is 1. The van der Waals surface area contributed by atoms with E-state index in [1.165, 1.54) is 5.56 Å². The van der Waals surface area contributed by atoms with Gasteiger partial charge in [0.05, 0.1) is 0 Å². The van der Waals surface area contributed by atoms with Gasteiger partial charge in [0.1, 0.15) is 5.75 Å². The van der Waals surface area contributed by atoms with Gasteiger partial charge in [-0.3, -0.25) is 4.79 Å². The van der Waals surface area contributed by atoms with Gasteiger partial charge in [-0.1, -0.05) is 41.9 Å². The number of halogens is 1. The molecule has 5 heteroatoms. The molecule has 1 amide bonds. The predicted molar refractivity (Wildman–Crippen MR) is 97.8 cm³/mol. The quantitative estimate of drug-likeness (QED) is 0.608. The average Bonchev–Trinajstić information content (AvgIpc) is 2.58. The van der Waals surface area contributed by atoms with Gasteiger partial charge in [-0.15, -0.1) is 0 Å². The summed E-state index contributed by atoms with van der Waals surface area (Å²) in [6.45, 7) is 3.72. The van der Waals surface area contributed by atoms with Gasteiger partial charge in [-0.25, -0.2) is 5.43 Å². The van der Waals surface area contributed by atoms with Crippen LogP contribution in [0.15, 0.2) is 47.6 Å². The number of amides is 1. The Hall–Kier alpha value is -2.33. The number of carbonyl (C=O) groups is 1. The molecule has 1 N–H and O–H groups in total. The van der Waals surface area contributed by atoms with Crippen molar-refractivity contribution in [3.63, 3.8) is 0 Å². The van der Waals surface area contributed by atoms with Crippen LogP contribution >= 0.6 is 11.6 Å². The molecule has 4 nitrogen and oxygen atoms in total. The molecule has 0 aromatic heterocycles. The molecule has 0 bridgehead atoms. The minimum atomic E-state index is -0.295. The van der Waals surface area contributed by atoms with E-state index in [1.54, 1.807) is 6.21 Å². The summed E-state index contributed by atoms with van der Waals surface area (Å²) < 4.78 is 5.47. The minimum Gasteiger partial charge on any atom is -0.484 e. The highest BCUT2D eigenvalue weighted by molar-refractivity contribution is 6.32. The smallest absolute Gasteiger partial charge is 0.277 e. The molecule has 0 radical (unpaired) electrons. The largest absolute Gasteiger partial charge is 0.484 e. The monoisotopic (exact) mass is 344 g/mol. The number of hydrogen-bond donors (Lipinski definition) is 1. The van der Waals surface area contributed by atoms with E-state index in [2.05, 4.69) is 22.7 Å². The molecule has 24 heavy (non-hydrogen) atoms. The van der Waals surface area contributed by atoms with E-state index >= 15 is 0 Å². The third-order valence-corrected chi connectivity index (χ3v) is 4.06. The van der Waals surface area contributed by atoms with Crippen molar-refractivity contribution in [3.05, 3.63) is 64.2 Å². The van der Waals surface area contributed by atoms with Crippen LogP contribution in [0.3, 0.4) is 0 Å². The Morgan fingerprint density at radius 1 is 1.21 bits per heavy atom. The summed E-state index contributed by atoms with van der Waals surface area (Å²) in [5.41, 5.74) is 5.55. The van der Waals surface area contributed by atoms with Crippen molar-refractivity contribution >= 4 is 23.7 Å². The van der Waals surface area contributed by atoms with E-state index in [9.17, 15) is 4.79 Å². The highest BCUT2D eigenvalue weighted by Crippen LogP contribution is 2.25. The first-order valence-corrected chi connectivity index (χ1v) is 8.18. The van der Waals surface area contributed by atoms with E-state index in [0.29, 0.717) is 5.75 Å². The second-order valence-electron chi connectivity index (χ2n) is 5.53. The highest BCUT2D eigenvalue weighted by Gasteiger charge is 2.06. The molecule has 0 saturated heterocycles. The fourth-order valence-electron chi connectivity index (χ4n) is 2.23. The molecule has 0 aliphatic heterocycles. The summed E-state index contributed by atoms with van der Waals surface area (Å²) >= 11 is 6.10. The van der Waals surface area contributed by atoms with E-state index in [-0.39, 0.29) is 12.5 Å². The number of nitrogens with zero attached hydrogens (tertiary/aromatic N) is 1. The molecule has 0 fully saturated rings. The van der Waals surface area contributed by atoms with Gasteiger partial charge < -0.3 is 4.74 Å². The van der Waals surface area contributed by atoms with Crippen LogP contribution in [0.25, 0.3) is 0 Å². The van der Waals surface area contributed by atoms with Gasteiger partial charge in [0.25, 0.3) is 5.91 Å². The lowest BCUT2D eigenvalue weighted by Crippen LogP contribution is -2.24. The molecular formula is C19H21ClN2O2. The Morgan fingerprint density at radius 2 is 1.88 bits per heavy atom. The van der Waals surface area contributed by atoms with Gasteiger partial charge >= 0.3 is 0 Å². The fourth-order valence-corrected chi connectivity index (χ4v) is 2.34. The number of nitrogens with one attached hydrogen (secondary N) is 1. The molecular weight excluding hydrogens is 324 g/mol. The molecule has 0 heterocycles. The summed E-state index contributed by atoms with van der Waals surface area (Å²) in [5, 5.41) is 4.64. The van der Waals surface area contributed by atoms with Crippen molar-refractivity contribution in [2.24, 2.45) is 5.10 Å². The van der Waals surface area contributed by atoms with Crippen molar-refractivity contribution in [2.45, 2.75) is 26.7 Å². The lowest BCUT2D eigenvalue weighted by molar-refractivity contribution is -0.123. The minimum absolute atomic E-state index is 0.0868. The molecule has 126 valence electrons. The van der Waals surface area contributed by atoms with Crippen LogP contribution in [0, 0.1) is 13.8 Å². The summed E-state index contributed by atoms with van der Waals surface area (Å²) in [5.74, 6) is 0.328. The highest BCUT2D eigenvalue weighted by atomic mass is 35.5. The molecule has 0 spiro atoms. The number of carbonyl (C=O) groups excluding carboxylic acids is 1. The van der Waals surface area contributed by atoms with Gasteiger partial charge in [-0.05, 0) is 55.5 Å². The normalized spacial score (nSPS) is 10.8. The Morgan fingerprint density at radius 3 is 2.54 bits per heavy atom. The zero-order chi connectivity index (χ0) is 17.4. The zero-order valence-corrected chi connectivity index (χ0v) is 14.6. The fraction of sp³-hybridized carbons (Fsp3) is 0.263. The number of rotatable bonds is 7. The van der Waals surface area contributed by atoms with Crippen molar-refractivity contribution < 1.29 is 9.53 Å². The predicted octanol–water partition coefficient (Wildman–Crippen LogP) is 4.07. The van der Waals surface area contributed by atoms with Crippen molar-refractivity contribution in [1.82, 2.24) is 5.43 Å². The van der Waals surface area contributed by atoms with Crippen molar-refractivity contribution in [3.8, 4) is 5.75 Å². The van der Waals surface area contributed by atoms with E-state index in [1.807, 2.05) is 44.2 Å².